The van der Waals surface area contributed by atoms with Gasteiger partial charge in [0, 0.05) is 12.0 Å². The molecule has 0 bridgehead atoms. The zero-order chi connectivity index (χ0) is 12.9. The number of nitriles is 1. The van der Waals surface area contributed by atoms with Gasteiger partial charge in [-0.1, -0.05) is 13.8 Å². The van der Waals surface area contributed by atoms with E-state index in [9.17, 15) is 9.50 Å². The van der Waals surface area contributed by atoms with E-state index in [4.69, 9.17) is 5.26 Å². The maximum absolute atomic E-state index is 12.9. The van der Waals surface area contributed by atoms with E-state index < -0.39 is 5.82 Å². The summed E-state index contributed by atoms with van der Waals surface area (Å²) in [7, 11) is 0. The molecule has 0 saturated carbocycles. The molecule has 0 aliphatic rings. The molecule has 1 rings (SSSR count). The Morgan fingerprint density at radius 2 is 2.24 bits per heavy atom. The minimum atomic E-state index is -0.424. The lowest BCUT2D eigenvalue weighted by Gasteiger charge is -2.26. The maximum Gasteiger partial charge on any atom is 0.124 e. The second kappa shape index (κ2) is 5.65. The first-order valence-electron chi connectivity index (χ1n) is 5.59. The van der Waals surface area contributed by atoms with Crippen molar-refractivity contribution in [1.82, 2.24) is 0 Å². The maximum atomic E-state index is 12.9. The number of nitrogens with one attached hydrogen (secondary N) is 1. The molecule has 0 aliphatic carbocycles. The van der Waals surface area contributed by atoms with Gasteiger partial charge in [0.15, 0.2) is 0 Å². The molecule has 1 atom stereocenters. The quantitative estimate of drug-likeness (QED) is 0.826. The van der Waals surface area contributed by atoms with Gasteiger partial charge in [0.2, 0.25) is 0 Å². The molecule has 1 aromatic rings. The molecule has 3 nitrogen and oxygen atoms in total. The summed E-state index contributed by atoms with van der Waals surface area (Å²) >= 11 is 0. The number of nitrogens with zero attached hydrogens (tertiary/aromatic N) is 1. The van der Waals surface area contributed by atoms with E-state index in [2.05, 4.69) is 5.32 Å². The molecule has 0 fully saturated rings. The number of rotatable bonds is 5. The predicted octanol–water partition coefficient (Wildman–Crippen LogP) is 2.52. The summed E-state index contributed by atoms with van der Waals surface area (Å²) in [6.45, 7) is 4.56. The van der Waals surface area contributed by atoms with Gasteiger partial charge in [-0.05, 0) is 24.6 Å². The second-order valence-corrected chi connectivity index (χ2v) is 4.48. The summed E-state index contributed by atoms with van der Waals surface area (Å²) in [4.78, 5) is 0. The Balaban J connectivity index is 2.80. The summed E-state index contributed by atoms with van der Waals surface area (Å²) in [5.41, 5.74) is 0.643. The smallest absolute Gasteiger partial charge is 0.124 e. The number of hydrogen-bond donors (Lipinski definition) is 2. The average Bonchev–Trinajstić information content (AvgIpc) is 2.36. The molecule has 2 N–H and O–H groups in total. The van der Waals surface area contributed by atoms with Gasteiger partial charge in [0.1, 0.15) is 11.9 Å². The Morgan fingerprint density at radius 3 is 2.76 bits per heavy atom. The number of aliphatic hydroxyl groups is 1. The van der Waals surface area contributed by atoms with E-state index in [0.29, 0.717) is 12.2 Å². The molecule has 0 spiro atoms. The molecule has 0 saturated heterocycles. The fourth-order valence-electron chi connectivity index (χ4n) is 1.36. The highest BCUT2D eigenvalue weighted by molar-refractivity contribution is 5.57. The van der Waals surface area contributed by atoms with E-state index in [1.54, 1.807) is 6.07 Å². The monoisotopic (exact) mass is 236 g/mol. The first-order valence-corrected chi connectivity index (χ1v) is 5.59. The van der Waals surface area contributed by atoms with Crippen LogP contribution in [-0.4, -0.2) is 18.3 Å². The van der Waals surface area contributed by atoms with Crippen LogP contribution in [0.25, 0.3) is 0 Å². The Hall–Kier alpha value is -1.60. The van der Waals surface area contributed by atoms with E-state index >= 15 is 0 Å². The molecule has 0 aliphatic heterocycles. The van der Waals surface area contributed by atoms with E-state index in [0.717, 1.165) is 6.42 Å². The lowest BCUT2D eigenvalue weighted by molar-refractivity contribution is 0.149. The van der Waals surface area contributed by atoms with Crippen molar-refractivity contribution in [2.45, 2.75) is 20.3 Å². The molecule has 0 heterocycles. The molecule has 4 heteroatoms. The predicted molar refractivity (Wildman–Crippen MR) is 65.1 cm³/mol. The number of benzene rings is 1. The summed E-state index contributed by atoms with van der Waals surface area (Å²) < 4.78 is 12.9. The van der Waals surface area contributed by atoms with Crippen LogP contribution in [0.2, 0.25) is 0 Å². The third-order valence-electron chi connectivity index (χ3n) is 3.04. The number of anilines is 1. The number of hydrogen-bond acceptors (Lipinski definition) is 3. The first kappa shape index (κ1) is 13.5. The van der Waals surface area contributed by atoms with Crippen LogP contribution in [0.4, 0.5) is 10.1 Å². The zero-order valence-corrected chi connectivity index (χ0v) is 10.1. The molecule has 0 amide bonds. The SMILES string of the molecule is CCC(C)(CO)CNc1ccc(F)cc1C#N. The normalized spacial score (nSPS) is 13.8. The van der Waals surface area contributed by atoms with Gasteiger partial charge in [0.05, 0.1) is 17.9 Å². The molecular formula is C13H17FN2O. The van der Waals surface area contributed by atoms with Crippen LogP contribution in [0, 0.1) is 22.6 Å². The lowest BCUT2D eigenvalue weighted by Crippen LogP contribution is -2.29. The van der Waals surface area contributed by atoms with E-state index in [1.807, 2.05) is 19.9 Å². The van der Waals surface area contributed by atoms with Crippen LogP contribution < -0.4 is 5.32 Å². The van der Waals surface area contributed by atoms with Crippen molar-refractivity contribution in [1.29, 1.82) is 5.26 Å². The van der Waals surface area contributed by atoms with Crippen molar-refractivity contribution in [3.05, 3.63) is 29.6 Å². The van der Waals surface area contributed by atoms with Crippen molar-refractivity contribution >= 4 is 5.69 Å². The van der Waals surface area contributed by atoms with Crippen LogP contribution in [0.3, 0.4) is 0 Å². The highest BCUT2D eigenvalue weighted by Gasteiger charge is 2.21. The van der Waals surface area contributed by atoms with Crippen molar-refractivity contribution < 1.29 is 9.50 Å². The summed E-state index contributed by atoms with van der Waals surface area (Å²) in [6.07, 6.45) is 0.819. The summed E-state index contributed by atoms with van der Waals surface area (Å²) in [5.74, 6) is -0.424. The van der Waals surface area contributed by atoms with Crippen LogP contribution in [0.1, 0.15) is 25.8 Å². The molecular weight excluding hydrogens is 219 g/mol. The van der Waals surface area contributed by atoms with E-state index in [1.165, 1.54) is 12.1 Å². The van der Waals surface area contributed by atoms with Crippen LogP contribution in [0.5, 0.6) is 0 Å². The van der Waals surface area contributed by atoms with Crippen LogP contribution in [0.15, 0.2) is 18.2 Å². The van der Waals surface area contributed by atoms with Crippen molar-refractivity contribution in [3.63, 3.8) is 0 Å². The topological polar surface area (TPSA) is 56.0 Å². The molecule has 0 radical (unpaired) electrons. The minimum Gasteiger partial charge on any atom is -0.396 e. The van der Waals surface area contributed by atoms with Gasteiger partial charge < -0.3 is 10.4 Å². The molecule has 92 valence electrons. The standard InChI is InChI=1S/C13H17FN2O/c1-3-13(2,9-17)8-16-12-5-4-11(14)6-10(12)7-15/h4-6,16-17H,3,8-9H2,1-2H3. The summed E-state index contributed by atoms with van der Waals surface area (Å²) in [5, 5.41) is 21.2. The van der Waals surface area contributed by atoms with Crippen molar-refractivity contribution in [2.75, 3.05) is 18.5 Å². The number of halogens is 1. The Bertz CT molecular complexity index is 422. The average molecular weight is 236 g/mol. The van der Waals surface area contributed by atoms with Gasteiger partial charge in [0.25, 0.3) is 0 Å². The van der Waals surface area contributed by atoms with E-state index in [-0.39, 0.29) is 17.6 Å². The zero-order valence-electron chi connectivity index (χ0n) is 10.1. The fourth-order valence-corrected chi connectivity index (χ4v) is 1.36. The van der Waals surface area contributed by atoms with Crippen LogP contribution in [-0.2, 0) is 0 Å². The minimum absolute atomic E-state index is 0.0690. The Morgan fingerprint density at radius 1 is 1.53 bits per heavy atom. The van der Waals surface area contributed by atoms with Gasteiger partial charge in [-0.25, -0.2) is 4.39 Å². The Labute approximate surface area is 101 Å². The lowest BCUT2D eigenvalue weighted by atomic mass is 9.88. The summed E-state index contributed by atoms with van der Waals surface area (Å²) in [6, 6.07) is 6.00. The molecule has 0 aromatic heterocycles. The molecule has 17 heavy (non-hydrogen) atoms. The third-order valence-corrected chi connectivity index (χ3v) is 3.04. The Kier molecular flexibility index (Phi) is 4.47. The highest BCUT2D eigenvalue weighted by Crippen LogP contribution is 2.23. The van der Waals surface area contributed by atoms with Gasteiger partial charge in [-0.3, -0.25) is 0 Å². The van der Waals surface area contributed by atoms with Gasteiger partial charge in [-0.2, -0.15) is 5.26 Å². The van der Waals surface area contributed by atoms with Gasteiger partial charge in [-0.15, -0.1) is 0 Å². The second-order valence-electron chi connectivity index (χ2n) is 4.48. The highest BCUT2D eigenvalue weighted by atomic mass is 19.1. The van der Waals surface area contributed by atoms with Crippen molar-refractivity contribution in [2.24, 2.45) is 5.41 Å². The van der Waals surface area contributed by atoms with Crippen molar-refractivity contribution in [3.8, 4) is 6.07 Å². The first-order chi connectivity index (χ1) is 8.04. The molecule has 1 unspecified atom stereocenters. The fraction of sp³-hybridized carbons (Fsp3) is 0.462. The van der Waals surface area contributed by atoms with Crippen LogP contribution >= 0.6 is 0 Å². The third kappa shape index (κ3) is 3.43. The van der Waals surface area contributed by atoms with Gasteiger partial charge >= 0.3 is 0 Å². The molecule has 1 aromatic carbocycles. The number of aliphatic hydroxyl groups excluding tert-OH is 1. The largest absolute Gasteiger partial charge is 0.396 e.